The molecule has 55 heavy (non-hydrogen) atoms. The molecule has 0 bridgehead atoms. The smallest absolute Gasteiger partial charge is 0.338 e. The fourth-order valence-corrected chi connectivity index (χ4v) is 5.85. The number of benzene rings is 2. The first kappa shape index (κ1) is 42.3. The van der Waals surface area contributed by atoms with E-state index >= 15 is 0 Å². The predicted octanol–water partition coefficient (Wildman–Crippen LogP) is 1.84. The molecule has 2 fully saturated rings. The van der Waals surface area contributed by atoms with Gasteiger partial charge in [0.2, 0.25) is 0 Å². The Balaban J connectivity index is 1.78. The molecule has 18 nitrogen and oxygen atoms in total. The first-order chi connectivity index (χ1) is 26.2. The molecular weight excluding hydrogens is 732 g/mol. The fourth-order valence-electron chi connectivity index (χ4n) is 5.85. The summed E-state index contributed by atoms with van der Waals surface area (Å²) in [5.41, 5.74) is 0.294. The average molecular weight is 775 g/mol. The number of carbonyl (C=O) groups excluding carboxylic acids is 7. The van der Waals surface area contributed by atoms with Gasteiger partial charge in [0.1, 0.15) is 18.8 Å². The fraction of sp³-hybridized carbons (Fsp3) is 0.486. The second-order valence-electron chi connectivity index (χ2n) is 12.2. The minimum Gasteiger partial charge on any atom is -0.462 e. The summed E-state index contributed by atoms with van der Waals surface area (Å²) in [6.07, 6.45) is -15.5. The molecule has 0 aliphatic carbocycles. The van der Waals surface area contributed by atoms with Crippen LogP contribution in [0.1, 0.15) is 55.3 Å². The van der Waals surface area contributed by atoms with Gasteiger partial charge in [-0.1, -0.05) is 36.4 Å². The minimum atomic E-state index is -1.86. The van der Waals surface area contributed by atoms with Gasteiger partial charge in [-0.2, -0.15) is 0 Å². The van der Waals surface area contributed by atoms with Crippen molar-refractivity contribution in [2.24, 2.45) is 0 Å². The molecule has 0 saturated carbocycles. The lowest BCUT2D eigenvalue weighted by atomic mass is 9.96. The standard InChI is InChI=1S/C37H42O18/c1-19(38)46-17-26(48-20(2)39)28(49-21(3)40)30(50-22(4)41)33(51-23(5)42)37-47-18-27-29(55-37)31(53-34(43)24-13-9-7-10-14-24)32(36(45-6)52-27)54-35(44)25-15-11-8-12-16-25/h7-16,26-33,36-37H,17-18H2,1-6H3/t26-,27-,28+,29-,30+,31+,32-,33-,36+,37?/m1/s1. The highest BCUT2D eigenvalue weighted by Crippen LogP contribution is 2.36. The van der Waals surface area contributed by atoms with Crippen LogP contribution < -0.4 is 0 Å². The van der Waals surface area contributed by atoms with Crippen LogP contribution in [0.15, 0.2) is 60.7 Å². The van der Waals surface area contributed by atoms with Gasteiger partial charge in [0, 0.05) is 41.7 Å². The third kappa shape index (κ3) is 11.8. The Hall–Kier alpha value is -5.43. The van der Waals surface area contributed by atoms with Crippen molar-refractivity contribution >= 4 is 41.8 Å². The molecular formula is C37H42O18. The maximum absolute atomic E-state index is 13.6. The first-order valence-electron chi connectivity index (χ1n) is 17.0. The molecule has 2 heterocycles. The van der Waals surface area contributed by atoms with Gasteiger partial charge in [-0.05, 0) is 24.3 Å². The maximum atomic E-state index is 13.6. The largest absolute Gasteiger partial charge is 0.462 e. The number of ether oxygens (including phenoxy) is 11. The monoisotopic (exact) mass is 774 g/mol. The van der Waals surface area contributed by atoms with E-state index in [0.717, 1.165) is 34.6 Å². The van der Waals surface area contributed by atoms with Crippen molar-refractivity contribution in [2.75, 3.05) is 20.3 Å². The van der Waals surface area contributed by atoms with Crippen molar-refractivity contribution in [3.8, 4) is 0 Å². The van der Waals surface area contributed by atoms with Crippen LogP contribution in [-0.4, -0.2) is 124 Å². The van der Waals surface area contributed by atoms with Gasteiger partial charge in [0.05, 0.1) is 17.7 Å². The van der Waals surface area contributed by atoms with E-state index in [4.69, 9.17) is 52.1 Å². The normalized spacial score (nSPS) is 23.9. The van der Waals surface area contributed by atoms with Gasteiger partial charge in [0.15, 0.2) is 49.2 Å². The summed E-state index contributed by atoms with van der Waals surface area (Å²) >= 11 is 0. The Kier molecular flexibility index (Phi) is 15.2. The second kappa shape index (κ2) is 19.8. The van der Waals surface area contributed by atoms with Gasteiger partial charge in [-0.15, -0.1) is 0 Å². The van der Waals surface area contributed by atoms with Crippen molar-refractivity contribution < 1.29 is 85.7 Å². The third-order valence-corrected chi connectivity index (χ3v) is 8.00. The number of fused-ring (bicyclic) bond motifs is 1. The number of rotatable bonds is 15. The van der Waals surface area contributed by atoms with E-state index < -0.39 is 110 Å². The maximum Gasteiger partial charge on any atom is 0.338 e. The van der Waals surface area contributed by atoms with E-state index in [1.165, 1.54) is 31.4 Å². The summed E-state index contributed by atoms with van der Waals surface area (Å²) in [4.78, 5) is 88.5. The highest BCUT2D eigenvalue weighted by atomic mass is 16.8. The summed E-state index contributed by atoms with van der Waals surface area (Å²) in [6.45, 7) is 4.06. The number of carbonyl (C=O) groups is 7. The molecule has 2 aromatic rings. The number of hydrogen-bond acceptors (Lipinski definition) is 18. The molecule has 0 amide bonds. The molecule has 0 radical (unpaired) electrons. The molecule has 2 aliphatic heterocycles. The minimum absolute atomic E-state index is 0.137. The van der Waals surface area contributed by atoms with Crippen LogP contribution in [0.5, 0.6) is 0 Å². The van der Waals surface area contributed by atoms with Crippen LogP contribution in [0.2, 0.25) is 0 Å². The van der Waals surface area contributed by atoms with Crippen molar-refractivity contribution in [3.05, 3.63) is 71.8 Å². The van der Waals surface area contributed by atoms with Crippen LogP contribution in [0, 0.1) is 0 Å². The molecule has 2 saturated heterocycles. The van der Waals surface area contributed by atoms with E-state index in [-0.39, 0.29) is 17.7 Å². The molecule has 2 aromatic carbocycles. The van der Waals surface area contributed by atoms with Crippen LogP contribution in [0.25, 0.3) is 0 Å². The Bertz CT molecular complexity index is 1660. The van der Waals surface area contributed by atoms with Crippen molar-refractivity contribution in [3.63, 3.8) is 0 Å². The van der Waals surface area contributed by atoms with Gasteiger partial charge < -0.3 is 52.1 Å². The van der Waals surface area contributed by atoms with Crippen molar-refractivity contribution in [1.29, 1.82) is 0 Å². The molecule has 2 aliphatic rings. The lowest BCUT2D eigenvalue weighted by Gasteiger charge is -2.49. The zero-order chi connectivity index (χ0) is 40.2. The van der Waals surface area contributed by atoms with Crippen LogP contribution in [-0.2, 0) is 76.1 Å². The van der Waals surface area contributed by atoms with E-state index in [2.05, 4.69) is 0 Å². The summed E-state index contributed by atoms with van der Waals surface area (Å²) in [6, 6.07) is 15.8. The Labute approximate surface area is 315 Å². The van der Waals surface area contributed by atoms with Crippen molar-refractivity contribution in [1.82, 2.24) is 0 Å². The summed E-state index contributed by atoms with van der Waals surface area (Å²) in [5.74, 6) is -6.25. The van der Waals surface area contributed by atoms with Gasteiger partial charge in [0.25, 0.3) is 0 Å². The van der Waals surface area contributed by atoms with Crippen molar-refractivity contribution in [2.45, 2.75) is 96.0 Å². The molecule has 1 unspecified atom stereocenters. The number of hydrogen-bond donors (Lipinski definition) is 0. The predicted molar refractivity (Wildman–Crippen MR) is 180 cm³/mol. The van der Waals surface area contributed by atoms with E-state index in [0.29, 0.717) is 0 Å². The lowest BCUT2D eigenvalue weighted by molar-refractivity contribution is -0.369. The second-order valence-corrected chi connectivity index (χ2v) is 12.2. The quantitative estimate of drug-likeness (QED) is 0.186. The highest BCUT2D eigenvalue weighted by molar-refractivity contribution is 5.90. The Morgan fingerprint density at radius 1 is 0.636 bits per heavy atom. The van der Waals surface area contributed by atoms with Crippen LogP contribution in [0.4, 0.5) is 0 Å². The number of esters is 7. The van der Waals surface area contributed by atoms with Gasteiger partial charge >= 0.3 is 41.8 Å². The topological polar surface area (TPSA) is 221 Å². The van der Waals surface area contributed by atoms with Crippen LogP contribution in [0.3, 0.4) is 0 Å². The molecule has 10 atom stereocenters. The molecule has 4 rings (SSSR count). The Morgan fingerprint density at radius 3 is 1.64 bits per heavy atom. The molecule has 0 N–H and O–H groups in total. The zero-order valence-corrected chi connectivity index (χ0v) is 30.8. The van der Waals surface area contributed by atoms with E-state index in [9.17, 15) is 33.6 Å². The number of methoxy groups -OCH3 is 1. The zero-order valence-electron chi connectivity index (χ0n) is 30.8. The average Bonchev–Trinajstić information content (AvgIpc) is 3.14. The SMILES string of the molecule is CO[C@H]1O[C@@H]2COC([C@H](OC(C)=O)[C@@H](OC(C)=O)[C@@H](OC(C)=O)[C@@H](COC(C)=O)OC(C)=O)O[C@H]2[C@H](OC(=O)c2ccccc2)[C@H]1OC(=O)c1ccccc1. The summed E-state index contributed by atoms with van der Waals surface area (Å²) < 4.78 is 62.7. The summed E-state index contributed by atoms with van der Waals surface area (Å²) in [7, 11) is 1.28. The lowest BCUT2D eigenvalue weighted by Crippen LogP contribution is -2.67. The molecule has 0 spiro atoms. The summed E-state index contributed by atoms with van der Waals surface area (Å²) in [5, 5.41) is 0. The van der Waals surface area contributed by atoms with Crippen LogP contribution >= 0.6 is 0 Å². The third-order valence-electron chi connectivity index (χ3n) is 8.00. The molecule has 18 heteroatoms. The molecule has 0 aromatic heterocycles. The Morgan fingerprint density at radius 2 is 1.15 bits per heavy atom. The first-order valence-corrected chi connectivity index (χ1v) is 17.0. The van der Waals surface area contributed by atoms with E-state index in [1.54, 1.807) is 36.4 Å². The van der Waals surface area contributed by atoms with Gasteiger partial charge in [-0.25, -0.2) is 9.59 Å². The molecule has 298 valence electrons. The highest BCUT2D eigenvalue weighted by Gasteiger charge is 2.57. The van der Waals surface area contributed by atoms with E-state index in [1.807, 2.05) is 0 Å². The van der Waals surface area contributed by atoms with Gasteiger partial charge in [-0.3, -0.25) is 24.0 Å².